The third-order valence-electron chi connectivity index (χ3n) is 5.60. The van der Waals surface area contributed by atoms with E-state index >= 15 is 0 Å². The Morgan fingerprint density at radius 2 is 1.69 bits per heavy atom. The highest BCUT2D eigenvalue weighted by Gasteiger charge is 2.46. The lowest BCUT2D eigenvalue weighted by molar-refractivity contribution is -0.915. The number of rotatable bonds is 4. The van der Waals surface area contributed by atoms with Crippen molar-refractivity contribution < 1.29 is 28.8 Å². The summed E-state index contributed by atoms with van der Waals surface area (Å²) in [5.41, 5.74) is 0.895. The minimum Gasteiger partial charge on any atom is -0.545 e. The standard InChI is InChI=1S/C21H20FN3O4/c22-16-3-1-2-4-17(16)23-9-11-24(12-10-23)18-13-19(26)25(20(18)27)15-7-5-14(6-8-15)21(28)29/h1-8,18H,9-13H2,(H,28,29)/t18-/m1/s1. The largest absolute Gasteiger partial charge is 0.545 e. The second-order valence-corrected chi connectivity index (χ2v) is 7.26. The van der Waals surface area contributed by atoms with Gasteiger partial charge in [-0.15, -0.1) is 0 Å². The Morgan fingerprint density at radius 1 is 1.03 bits per heavy atom. The van der Waals surface area contributed by atoms with E-state index in [0.717, 1.165) is 9.80 Å². The van der Waals surface area contributed by atoms with Crippen molar-refractivity contribution in [1.29, 1.82) is 0 Å². The molecule has 0 aliphatic carbocycles. The van der Waals surface area contributed by atoms with Gasteiger partial charge < -0.3 is 19.7 Å². The third kappa shape index (κ3) is 3.58. The molecule has 0 saturated carbocycles. The van der Waals surface area contributed by atoms with Gasteiger partial charge >= 0.3 is 0 Å². The molecule has 0 spiro atoms. The van der Waals surface area contributed by atoms with E-state index < -0.39 is 12.0 Å². The molecule has 2 aromatic carbocycles. The summed E-state index contributed by atoms with van der Waals surface area (Å²) >= 11 is 0. The van der Waals surface area contributed by atoms with Gasteiger partial charge in [0.2, 0.25) is 5.91 Å². The molecule has 7 nitrogen and oxygen atoms in total. The molecule has 8 heteroatoms. The van der Waals surface area contributed by atoms with Gasteiger partial charge in [0.25, 0.3) is 5.91 Å². The molecule has 2 aliphatic heterocycles. The maximum atomic E-state index is 14.0. The van der Waals surface area contributed by atoms with E-state index in [1.807, 2.05) is 4.90 Å². The number of nitrogens with one attached hydrogen (secondary N) is 1. The summed E-state index contributed by atoms with van der Waals surface area (Å²) in [6.07, 6.45) is 0.107. The topological polar surface area (TPSA) is 85.2 Å². The quantitative estimate of drug-likeness (QED) is 0.685. The number of quaternary nitrogens is 1. The predicted molar refractivity (Wildman–Crippen MR) is 101 cm³/mol. The zero-order valence-electron chi connectivity index (χ0n) is 15.6. The molecule has 2 heterocycles. The van der Waals surface area contributed by atoms with Crippen LogP contribution in [0.2, 0.25) is 0 Å². The molecule has 29 heavy (non-hydrogen) atoms. The Hall–Kier alpha value is -3.26. The van der Waals surface area contributed by atoms with Crippen molar-refractivity contribution in [3.63, 3.8) is 0 Å². The van der Waals surface area contributed by atoms with Gasteiger partial charge in [-0.05, 0) is 29.8 Å². The van der Waals surface area contributed by atoms with E-state index in [0.29, 0.717) is 37.6 Å². The van der Waals surface area contributed by atoms with Crippen LogP contribution in [0, 0.1) is 5.82 Å². The van der Waals surface area contributed by atoms with Crippen LogP contribution in [-0.4, -0.2) is 50.0 Å². The number of nitrogens with zero attached hydrogens (tertiary/aromatic N) is 2. The van der Waals surface area contributed by atoms with E-state index in [1.165, 1.54) is 30.3 Å². The lowest BCUT2D eigenvalue weighted by Gasteiger charge is -2.35. The van der Waals surface area contributed by atoms with Gasteiger partial charge in [-0.1, -0.05) is 24.3 Å². The van der Waals surface area contributed by atoms with Gasteiger partial charge in [0.15, 0.2) is 6.04 Å². The number of piperazine rings is 1. The number of hydrogen-bond acceptors (Lipinski definition) is 5. The van der Waals surface area contributed by atoms with Crippen LogP contribution in [-0.2, 0) is 9.59 Å². The number of carboxylic acid groups (broad SMARTS) is 1. The average Bonchev–Trinajstić information content (AvgIpc) is 3.02. The maximum absolute atomic E-state index is 14.0. The first-order chi connectivity index (χ1) is 14.0. The van der Waals surface area contributed by atoms with E-state index in [1.54, 1.807) is 18.2 Å². The second-order valence-electron chi connectivity index (χ2n) is 7.26. The minimum atomic E-state index is -1.31. The van der Waals surface area contributed by atoms with Crippen LogP contribution in [0.15, 0.2) is 48.5 Å². The Kier molecular flexibility index (Phi) is 5.02. The molecule has 1 atom stereocenters. The molecule has 4 rings (SSSR count). The molecule has 1 N–H and O–H groups in total. The highest BCUT2D eigenvalue weighted by Crippen LogP contribution is 2.23. The smallest absolute Gasteiger partial charge is 0.292 e. The number of anilines is 2. The summed E-state index contributed by atoms with van der Waals surface area (Å²) < 4.78 is 14.0. The van der Waals surface area contributed by atoms with Crippen LogP contribution in [0.3, 0.4) is 0 Å². The van der Waals surface area contributed by atoms with Crippen molar-refractivity contribution in [3.05, 3.63) is 59.9 Å². The molecule has 0 aromatic heterocycles. The maximum Gasteiger partial charge on any atom is 0.292 e. The molecule has 2 fully saturated rings. The summed E-state index contributed by atoms with van der Waals surface area (Å²) in [5, 5.41) is 10.9. The van der Waals surface area contributed by atoms with E-state index in [4.69, 9.17) is 0 Å². The number of imide groups is 1. The first-order valence-corrected chi connectivity index (χ1v) is 9.48. The summed E-state index contributed by atoms with van der Waals surface area (Å²) in [6.45, 7) is 2.42. The highest BCUT2D eigenvalue weighted by atomic mass is 19.1. The number of para-hydroxylation sites is 1. The molecule has 2 aromatic rings. The Balaban J connectivity index is 1.44. The van der Waals surface area contributed by atoms with Gasteiger partial charge in [0, 0.05) is 0 Å². The van der Waals surface area contributed by atoms with Gasteiger partial charge in [0.1, 0.15) is 5.82 Å². The van der Waals surface area contributed by atoms with Crippen molar-refractivity contribution in [3.8, 4) is 0 Å². The number of carbonyl (C=O) groups excluding carboxylic acids is 3. The molecule has 2 saturated heterocycles. The Morgan fingerprint density at radius 3 is 2.31 bits per heavy atom. The number of halogens is 1. The van der Waals surface area contributed by atoms with Gasteiger partial charge in [0.05, 0.1) is 49.9 Å². The summed E-state index contributed by atoms with van der Waals surface area (Å²) in [4.78, 5) is 40.4. The van der Waals surface area contributed by atoms with Crippen LogP contribution in [0.25, 0.3) is 0 Å². The van der Waals surface area contributed by atoms with Crippen LogP contribution in [0.4, 0.5) is 15.8 Å². The fraction of sp³-hybridized carbons (Fsp3) is 0.286. The number of aromatic carboxylic acids is 1. The predicted octanol–water partition coefficient (Wildman–Crippen LogP) is -0.774. The number of hydrogen-bond donors (Lipinski definition) is 1. The van der Waals surface area contributed by atoms with Crippen LogP contribution in [0.5, 0.6) is 0 Å². The fourth-order valence-electron chi connectivity index (χ4n) is 4.06. The van der Waals surface area contributed by atoms with Crippen molar-refractivity contribution in [2.75, 3.05) is 36.0 Å². The molecular weight excluding hydrogens is 377 g/mol. The van der Waals surface area contributed by atoms with Crippen molar-refractivity contribution in [2.24, 2.45) is 0 Å². The number of benzene rings is 2. The minimum absolute atomic E-state index is 0.0146. The molecule has 0 bridgehead atoms. The average molecular weight is 397 g/mol. The Labute approximate surface area is 166 Å². The Bertz CT molecular complexity index is 955. The second kappa shape index (κ2) is 7.63. The molecule has 2 amide bonds. The summed E-state index contributed by atoms with van der Waals surface area (Å²) in [5.74, 6) is -2.17. The number of carbonyl (C=O) groups is 3. The van der Waals surface area contributed by atoms with Gasteiger partial charge in [-0.3, -0.25) is 9.59 Å². The third-order valence-corrected chi connectivity index (χ3v) is 5.60. The fourth-order valence-corrected chi connectivity index (χ4v) is 4.06. The van der Waals surface area contributed by atoms with Gasteiger partial charge in [-0.25, -0.2) is 9.29 Å². The lowest BCUT2D eigenvalue weighted by Crippen LogP contribution is -3.19. The molecule has 2 aliphatic rings. The first-order valence-electron chi connectivity index (χ1n) is 9.48. The normalized spacial score (nSPS) is 20.4. The van der Waals surface area contributed by atoms with Crippen molar-refractivity contribution in [1.82, 2.24) is 0 Å². The van der Waals surface area contributed by atoms with Crippen molar-refractivity contribution >= 4 is 29.2 Å². The molecule has 0 unspecified atom stereocenters. The van der Waals surface area contributed by atoms with Crippen LogP contribution >= 0.6 is 0 Å². The van der Waals surface area contributed by atoms with Crippen LogP contribution < -0.4 is 19.8 Å². The number of carboxylic acids is 1. The summed E-state index contributed by atoms with van der Waals surface area (Å²) in [6, 6.07) is 11.6. The van der Waals surface area contributed by atoms with Gasteiger partial charge in [-0.2, -0.15) is 0 Å². The van der Waals surface area contributed by atoms with E-state index in [2.05, 4.69) is 0 Å². The zero-order chi connectivity index (χ0) is 20.5. The molecule has 0 radical (unpaired) electrons. The first kappa shape index (κ1) is 19.1. The zero-order valence-corrected chi connectivity index (χ0v) is 15.6. The highest BCUT2D eigenvalue weighted by molar-refractivity contribution is 6.21. The number of amides is 2. The van der Waals surface area contributed by atoms with E-state index in [9.17, 15) is 23.9 Å². The van der Waals surface area contributed by atoms with Crippen molar-refractivity contribution in [2.45, 2.75) is 12.5 Å². The SMILES string of the molecule is O=C([O-])c1ccc(N2C(=O)C[C@@H]([NH+]3CCN(c4ccccc4F)CC3)C2=O)cc1. The van der Waals surface area contributed by atoms with Crippen LogP contribution in [0.1, 0.15) is 16.8 Å². The molecule has 150 valence electrons. The monoisotopic (exact) mass is 397 g/mol. The molecular formula is C21H20FN3O4. The summed E-state index contributed by atoms with van der Waals surface area (Å²) in [7, 11) is 0. The lowest BCUT2D eigenvalue weighted by atomic mass is 10.1. The van der Waals surface area contributed by atoms with E-state index in [-0.39, 0.29) is 29.6 Å².